The van der Waals surface area contributed by atoms with Crippen molar-refractivity contribution >= 4 is 0 Å². The van der Waals surface area contributed by atoms with E-state index in [1.165, 1.54) is 0 Å². The number of hydrogen-bond donors (Lipinski definition) is 1. The summed E-state index contributed by atoms with van der Waals surface area (Å²) in [5.74, 6) is 0. The third-order valence-corrected chi connectivity index (χ3v) is 2.43. The Kier molecular flexibility index (Phi) is 4.30. The minimum absolute atomic E-state index is 0.0702. The summed E-state index contributed by atoms with van der Waals surface area (Å²) < 4.78 is 16.1. The van der Waals surface area contributed by atoms with E-state index in [0.717, 1.165) is 11.1 Å². The molecule has 1 fully saturated rings. The molecule has 4 heteroatoms. The van der Waals surface area contributed by atoms with Gasteiger partial charge in [-0.15, -0.1) is 0 Å². The van der Waals surface area contributed by atoms with Gasteiger partial charge in [0.1, 0.15) is 0 Å². The van der Waals surface area contributed by atoms with Crippen LogP contribution in [0.15, 0.2) is 24.3 Å². The molecule has 1 heterocycles. The summed E-state index contributed by atoms with van der Waals surface area (Å²) in [6.45, 7) is 2.30. The predicted molar refractivity (Wildman–Crippen MR) is 57.7 cm³/mol. The third-order valence-electron chi connectivity index (χ3n) is 2.43. The number of ether oxygens (including phenoxy) is 3. The molecule has 1 atom stereocenters. The molecule has 1 unspecified atom stereocenters. The average Bonchev–Trinajstić information content (AvgIpc) is 2.38. The zero-order chi connectivity index (χ0) is 11.2. The smallest absolute Gasteiger partial charge is 0.181 e. The van der Waals surface area contributed by atoms with Crippen LogP contribution in [0.4, 0.5) is 0 Å². The van der Waals surface area contributed by atoms with Crippen molar-refractivity contribution in [2.75, 3.05) is 19.8 Å². The van der Waals surface area contributed by atoms with E-state index < -0.39 is 0 Å². The summed E-state index contributed by atoms with van der Waals surface area (Å²) in [7, 11) is 0. The molecule has 4 nitrogen and oxygen atoms in total. The highest BCUT2D eigenvalue weighted by Crippen LogP contribution is 2.09. The molecular formula is C12H16O4. The number of rotatable bonds is 4. The van der Waals surface area contributed by atoms with E-state index in [2.05, 4.69) is 0 Å². The quantitative estimate of drug-likeness (QED) is 0.831. The lowest BCUT2D eigenvalue weighted by Crippen LogP contribution is -2.30. The largest absolute Gasteiger partial charge is 0.392 e. The van der Waals surface area contributed by atoms with Gasteiger partial charge in [0.2, 0.25) is 0 Å². The van der Waals surface area contributed by atoms with E-state index in [1.54, 1.807) is 0 Å². The van der Waals surface area contributed by atoms with Gasteiger partial charge in [-0.25, -0.2) is 0 Å². The molecule has 16 heavy (non-hydrogen) atoms. The van der Waals surface area contributed by atoms with Crippen LogP contribution in [-0.2, 0) is 27.4 Å². The first-order chi connectivity index (χ1) is 7.88. The maximum absolute atomic E-state index is 8.89. The zero-order valence-corrected chi connectivity index (χ0v) is 9.09. The van der Waals surface area contributed by atoms with E-state index in [0.29, 0.717) is 26.4 Å². The fourth-order valence-electron chi connectivity index (χ4n) is 1.49. The van der Waals surface area contributed by atoms with Crippen molar-refractivity contribution in [1.29, 1.82) is 0 Å². The second-order valence-corrected chi connectivity index (χ2v) is 3.66. The molecule has 1 aliphatic heterocycles. The van der Waals surface area contributed by atoms with Gasteiger partial charge in [-0.2, -0.15) is 0 Å². The van der Waals surface area contributed by atoms with Gasteiger partial charge in [0.25, 0.3) is 0 Å². The number of benzene rings is 1. The topological polar surface area (TPSA) is 47.9 Å². The molecule has 0 aliphatic carbocycles. The van der Waals surface area contributed by atoms with E-state index in [1.807, 2.05) is 24.3 Å². The average molecular weight is 224 g/mol. The molecule has 0 radical (unpaired) electrons. The Morgan fingerprint density at radius 3 is 2.56 bits per heavy atom. The molecule has 1 aromatic rings. The molecule has 0 amide bonds. The Morgan fingerprint density at radius 1 is 1.19 bits per heavy atom. The zero-order valence-electron chi connectivity index (χ0n) is 9.09. The molecule has 0 bridgehead atoms. The van der Waals surface area contributed by atoms with Crippen LogP contribution < -0.4 is 0 Å². The van der Waals surface area contributed by atoms with Crippen LogP contribution in [0.2, 0.25) is 0 Å². The molecule has 0 aromatic heterocycles. The fraction of sp³-hybridized carbons (Fsp3) is 0.500. The number of aliphatic hydroxyl groups is 1. The summed E-state index contributed by atoms with van der Waals surface area (Å²) in [6.07, 6.45) is -0.258. The summed E-state index contributed by atoms with van der Waals surface area (Å²) in [5, 5.41) is 8.89. The first-order valence-corrected chi connectivity index (χ1v) is 5.38. The predicted octanol–water partition coefficient (Wildman–Crippen LogP) is 1.07. The Hall–Kier alpha value is -0.940. The molecular weight excluding hydrogens is 208 g/mol. The lowest BCUT2D eigenvalue weighted by atomic mass is 10.1. The van der Waals surface area contributed by atoms with Gasteiger partial charge in [0, 0.05) is 0 Å². The van der Waals surface area contributed by atoms with E-state index >= 15 is 0 Å². The minimum atomic E-state index is -0.258. The summed E-state index contributed by atoms with van der Waals surface area (Å²) >= 11 is 0. The Bertz CT molecular complexity index is 303. The molecule has 88 valence electrons. The van der Waals surface area contributed by atoms with Crippen molar-refractivity contribution in [1.82, 2.24) is 0 Å². The Labute approximate surface area is 94.8 Å². The second kappa shape index (κ2) is 5.96. The van der Waals surface area contributed by atoms with Gasteiger partial charge in [-0.1, -0.05) is 24.3 Å². The van der Waals surface area contributed by atoms with Gasteiger partial charge in [-0.05, 0) is 11.1 Å². The van der Waals surface area contributed by atoms with Crippen molar-refractivity contribution in [3.8, 4) is 0 Å². The highest BCUT2D eigenvalue weighted by molar-refractivity contribution is 5.21. The van der Waals surface area contributed by atoms with Gasteiger partial charge < -0.3 is 19.3 Å². The van der Waals surface area contributed by atoms with Crippen molar-refractivity contribution in [3.05, 3.63) is 35.4 Å². The summed E-state index contributed by atoms with van der Waals surface area (Å²) in [4.78, 5) is 0. The standard InChI is InChI=1S/C12H16O4/c13-7-10-1-3-11(4-2-10)8-16-12-9-14-5-6-15-12/h1-4,12-13H,5-9H2. The van der Waals surface area contributed by atoms with Crippen molar-refractivity contribution in [2.45, 2.75) is 19.5 Å². The van der Waals surface area contributed by atoms with Crippen LogP contribution in [0.1, 0.15) is 11.1 Å². The normalized spacial score (nSPS) is 20.9. The molecule has 1 N–H and O–H groups in total. The molecule has 0 saturated carbocycles. The van der Waals surface area contributed by atoms with Crippen LogP contribution in [0, 0.1) is 0 Å². The second-order valence-electron chi connectivity index (χ2n) is 3.66. The third kappa shape index (κ3) is 3.28. The van der Waals surface area contributed by atoms with E-state index in [9.17, 15) is 0 Å². The lowest BCUT2D eigenvalue weighted by Gasteiger charge is -2.22. The van der Waals surface area contributed by atoms with Crippen LogP contribution in [-0.4, -0.2) is 31.2 Å². The van der Waals surface area contributed by atoms with E-state index in [4.69, 9.17) is 19.3 Å². The van der Waals surface area contributed by atoms with Crippen molar-refractivity contribution < 1.29 is 19.3 Å². The van der Waals surface area contributed by atoms with Crippen LogP contribution in [0.5, 0.6) is 0 Å². The SMILES string of the molecule is OCc1ccc(COC2COCCO2)cc1. The monoisotopic (exact) mass is 224 g/mol. The highest BCUT2D eigenvalue weighted by Gasteiger charge is 2.14. The first kappa shape index (κ1) is 11.5. The maximum Gasteiger partial charge on any atom is 0.181 e. The van der Waals surface area contributed by atoms with Crippen molar-refractivity contribution in [3.63, 3.8) is 0 Å². The van der Waals surface area contributed by atoms with Gasteiger partial charge in [0.05, 0.1) is 33.0 Å². The van der Waals surface area contributed by atoms with Crippen LogP contribution in [0.25, 0.3) is 0 Å². The Morgan fingerprint density at radius 2 is 1.94 bits per heavy atom. The fourth-order valence-corrected chi connectivity index (χ4v) is 1.49. The van der Waals surface area contributed by atoms with Gasteiger partial charge in [-0.3, -0.25) is 0 Å². The van der Waals surface area contributed by atoms with Crippen molar-refractivity contribution in [2.24, 2.45) is 0 Å². The van der Waals surface area contributed by atoms with Crippen LogP contribution in [0.3, 0.4) is 0 Å². The molecule has 0 spiro atoms. The van der Waals surface area contributed by atoms with Gasteiger partial charge >= 0.3 is 0 Å². The minimum Gasteiger partial charge on any atom is -0.392 e. The molecule has 1 aliphatic rings. The maximum atomic E-state index is 8.89. The number of aliphatic hydroxyl groups excluding tert-OH is 1. The number of hydrogen-bond acceptors (Lipinski definition) is 4. The highest BCUT2D eigenvalue weighted by atomic mass is 16.7. The van der Waals surface area contributed by atoms with E-state index in [-0.39, 0.29) is 12.9 Å². The summed E-state index contributed by atoms with van der Waals surface area (Å²) in [5.41, 5.74) is 1.97. The van der Waals surface area contributed by atoms with Crippen LogP contribution >= 0.6 is 0 Å². The van der Waals surface area contributed by atoms with Gasteiger partial charge in [0.15, 0.2) is 6.29 Å². The molecule has 2 rings (SSSR count). The molecule has 1 aromatic carbocycles. The first-order valence-electron chi connectivity index (χ1n) is 5.38. The molecule has 1 saturated heterocycles. The Balaban J connectivity index is 1.79. The lowest BCUT2D eigenvalue weighted by molar-refractivity contribution is -0.216. The summed E-state index contributed by atoms with van der Waals surface area (Å²) in [6, 6.07) is 7.65.